The minimum atomic E-state index is 0.0384. The van der Waals surface area contributed by atoms with Crippen LogP contribution >= 0.6 is 0 Å². The van der Waals surface area contributed by atoms with Crippen molar-refractivity contribution in [3.05, 3.63) is 42.0 Å². The zero-order valence-corrected chi connectivity index (χ0v) is 10.4. The van der Waals surface area contributed by atoms with Gasteiger partial charge in [-0.1, -0.05) is 18.2 Å². The van der Waals surface area contributed by atoms with Gasteiger partial charge in [-0.2, -0.15) is 0 Å². The molecule has 0 aromatic heterocycles. The maximum Gasteiger partial charge on any atom is 0.119 e. The van der Waals surface area contributed by atoms with Gasteiger partial charge in [0.2, 0.25) is 0 Å². The molecule has 0 bridgehead atoms. The monoisotopic (exact) mass is 243 g/mol. The lowest BCUT2D eigenvalue weighted by Crippen LogP contribution is -2.23. The van der Waals surface area contributed by atoms with Crippen LogP contribution in [0.1, 0.15) is 18.1 Å². The summed E-state index contributed by atoms with van der Waals surface area (Å²) in [5.74, 6) is 0.879. The molecule has 18 heavy (non-hydrogen) atoms. The highest BCUT2D eigenvalue weighted by atomic mass is 16.5. The summed E-state index contributed by atoms with van der Waals surface area (Å²) < 4.78 is 10.9. The van der Waals surface area contributed by atoms with E-state index >= 15 is 0 Å². The van der Waals surface area contributed by atoms with Crippen LogP contribution in [-0.2, 0) is 4.74 Å². The third-order valence-electron chi connectivity index (χ3n) is 3.54. The minimum absolute atomic E-state index is 0.0384. The molecule has 0 spiro atoms. The topological polar surface area (TPSA) is 44.5 Å². The number of nitrogens with two attached hydrogens (primary N) is 1. The molecule has 2 atom stereocenters. The Labute approximate surface area is 106 Å². The molecule has 1 heterocycles. The smallest absolute Gasteiger partial charge is 0.119 e. The summed E-state index contributed by atoms with van der Waals surface area (Å²) in [6.07, 6.45) is 0.974. The van der Waals surface area contributed by atoms with E-state index in [2.05, 4.69) is 24.3 Å². The Morgan fingerprint density at radius 3 is 2.67 bits per heavy atom. The van der Waals surface area contributed by atoms with Crippen LogP contribution in [0.2, 0.25) is 0 Å². The summed E-state index contributed by atoms with van der Waals surface area (Å²) >= 11 is 0. The number of hydrogen-bond donors (Lipinski definition) is 1. The maximum atomic E-state index is 6.06. The Hall–Kier alpha value is -1.58. The molecule has 2 aromatic carbocycles. The highest BCUT2D eigenvalue weighted by Gasteiger charge is 2.26. The van der Waals surface area contributed by atoms with Crippen molar-refractivity contribution in [2.45, 2.75) is 18.6 Å². The summed E-state index contributed by atoms with van der Waals surface area (Å²) in [5, 5.41) is 2.36. The quantitative estimate of drug-likeness (QED) is 0.881. The van der Waals surface area contributed by atoms with E-state index in [0.29, 0.717) is 0 Å². The average Bonchev–Trinajstić information content (AvgIpc) is 2.84. The number of fused-ring (bicyclic) bond motifs is 1. The number of rotatable bonds is 2. The molecule has 1 aliphatic heterocycles. The van der Waals surface area contributed by atoms with Gasteiger partial charge >= 0.3 is 0 Å². The molecule has 3 rings (SSSR count). The molecule has 1 saturated heterocycles. The first-order chi connectivity index (χ1) is 8.78. The Kier molecular flexibility index (Phi) is 2.94. The highest BCUT2D eigenvalue weighted by molar-refractivity contribution is 5.84. The van der Waals surface area contributed by atoms with Gasteiger partial charge in [0.1, 0.15) is 5.75 Å². The van der Waals surface area contributed by atoms with Crippen LogP contribution in [-0.4, -0.2) is 19.8 Å². The second-order valence-electron chi connectivity index (χ2n) is 4.72. The lowest BCUT2D eigenvalue weighted by atomic mass is 9.99. The summed E-state index contributed by atoms with van der Waals surface area (Å²) in [6.45, 7) is 0.756. The Morgan fingerprint density at radius 1 is 1.17 bits per heavy atom. The molecule has 0 radical (unpaired) electrons. The molecule has 2 aromatic rings. The molecule has 1 fully saturated rings. The summed E-state index contributed by atoms with van der Waals surface area (Å²) in [6, 6.07) is 12.5. The molecule has 3 nitrogen and oxygen atoms in total. The van der Waals surface area contributed by atoms with Gasteiger partial charge in [-0.3, -0.25) is 0 Å². The van der Waals surface area contributed by atoms with Crippen molar-refractivity contribution in [3.63, 3.8) is 0 Å². The van der Waals surface area contributed by atoms with Crippen molar-refractivity contribution in [1.29, 1.82) is 0 Å². The van der Waals surface area contributed by atoms with Gasteiger partial charge in [0, 0.05) is 12.6 Å². The van der Waals surface area contributed by atoms with Crippen LogP contribution in [0.4, 0.5) is 0 Å². The molecule has 0 saturated carbocycles. The van der Waals surface area contributed by atoms with Crippen molar-refractivity contribution in [3.8, 4) is 5.75 Å². The molecule has 0 aliphatic carbocycles. The molecule has 1 aliphatic rings. The van der Waals surface area contributed by atoms with Crippen molar-refractivity contribution in [2.75, 3.05) is 13.7 Å². The van der Waals surface area contributed by atoms with E-state index in [-0.39, 0.29) is 12.1 Å². The van der Waals surface area contributed by atoms with E-state index in [9.17, 15) is 0 Å². The fraction of sp³-hybridized carbons (Fsp3) is 0.333. The fourth-order valence-electron chi connectivity index (χ4n) is 2.50. The first kappa shape index (κ1) is 11.5. The molecule has 2 N–H and O–H groups in total. The van der Waals surface area contributed by atoms with Gasteiger partial charge < -0.3 is 15.2 Å². The predicted molar refractivity (Wildman–Crippen MR) is 71.8 cm³/mol. The molecule has 0 amide bonds. The number of methoxy groups -OCH3 is 1. The van der Waals surface area contributed by atoms with Gasteiger partial charge in [0.15, 0.2) is 0 Å². The van der Waals surface area contributed by atoms with Gasteiger partial charge in [-0.25, -0.2) is 0 Å². The standard InChI is InChI=1S/C15H17NO2/c1-17-13-5-4-10-8-12(3-2-11(10)9-13)15-14(16)6-7-18-15/h2-5,8-9,14-15H,6-7,16H2,1H3. The molecular formula is C15H17NO2. The average molecular weight is 243 g/mol. The van der Waals surface area contributed by atoms with Crippen LogP contribution in [0.3, 0.4) is 0 Å². The number of hydrogen-bond acceptors (Lipinski definition) is 3. The van der Waals surface area contributed by atoms with Crippen molar-refractivity contribution < 1.29 is 9.47 Å². The Morgan fingerprint density at radius 2 is 1.94 bits per heavy atom. The Bertz CT molecular complexity index is 567. The van der Waals surface area contributed by atoms with Crippen molar-refractivity contribution in [2.24, 2.45) is 5.73 Å². The fourth-order valence-corrected chi connectivity index (χ4v) is 2.50. The predicted octanol–water partition coefficient (Wildman–Crippen LogP) is 2.64. The Balaban J connectivity index is 2.00. The molecule has 94 valence electrons. The van der Waals surface area contributed by atoms with E-state index in [4.69, 9.17) is 15.2 Å². The van der Waals surface area contributed by atoms with Crippen LogP contribution in [0.25, 0.3) is 10.8 Å². The zero-order valence-electron chi connectivity index (χ0n) is 10.4. The van der Waals surface area contributed by atoms with E-state index in [1.165, 1.54) is 10.8 Å². The second-order valence-corrected chi connectivity index (χ2v) is 4.72. The lowest BCUT2D eigenvalue weighted by molar-refractivity contribution is 0.105. The van der Waals surface area contributed by atoms with E-state index in [0.717, 1.165) is 24.3 Å². The minimum Gasteiger partial charge on any atom is -0.497 e. The van der Waals surface area contributed by atoms with Gasteiger partial charge in [0.05, 0.1) is 13.2 Å². The van der Waals surface area contributed by atoms with E-state index < -0.39 is 0 Å². The van der Waals surface area contributed by atoms with Crippen molar-refractivity contribution in [1.82, 2.24) is 0 Å². The van der Waals surface area contributed by atoms with Gasteiger partial charge in [-0.05, 0) is 41.0 Å². The third-order valence-corrected chi connectivity index (χ3v) is 3.54. The molecule has 3 heteroatoms. The van der Waals surface area contributed by atoms with Crippen LogP contribution < -0.4 is 10.5 Å². The summed E-state index contributed by atoms with van der Waals surface area (Å²) in [4.78, 5) is 0. The highest BCUT2D eigenvalue weighted by Crippen LogP contribution is 2.30. The van der Waals surface area contributed by atoms with Crippen LogP contribution in [0.5, 0.6) is 5.75 Å². The second kappa shape index (κ2) is 4.59. The lowest BCUT2D eigenvalue weighted by Gasteiger charge is -2.15. The molecular weight excluding hydrogens is 226 g/mol. The zero-order chi connectivity index (χ0) is 12.5. The molecule has 2 unspecified atom stereocenters. The largest absolute Gasteiger partial charge is 0.497 e. The SMILES string of the molecule is COc1ccc2cc(C3OCCC3N)ccc2c1. The van der Waals surface area contributed by atoms with Gasteiger partial charge in [0.25, 0.3) is 0 Å². The first-order valence-corrected chi connectivity index (χ1v) is 6.23. The van der Waals surface area contributed by atoms with E-state index in [1.54, 1.807) is 7.11 Å². The number of ether oxygens (including phenoxy) is 2. The maximum absolute atomic E-state index is 6.06. The summed E-state index contributed by atoms with van der Waals surface area (Å²) in [5.41, 5.74) is 7.22. The normalized spacial score (nSPS) is 23.4. The van der Waals surface area contributed by atoms with E-state index in [1.807, 2.05) is 12.1 Å². The van der Waals surface area contributed by atoms with Crippen LogP contribution in [0, 0.1) is 0 Å². The van der Waals surface area contributed by atoms with Crippen molar-refractivity contribution >= 4 is 10.8 Å². The van der Waals surface area contributed by atoms with Gasteiger partial charge in [-0.15, -0.1) is 0 Å². The first-order valence-electron chi connectivity index (χ1n) is 6.23. The van der Waals surface area contributed by atoms with Crippen LogP contribution in [0.15, 0.2) is 36.4 Å². The number of benzene rings is 2. The third kappa shape index (κ3) is 1.96. The summed E-state index contributed by atoms with van der Waals surface area (Å²) in [7, 11) is 1.68.